The quantitative estimate of drug-likeness (QED) is 0.470. The van der Waals surface area contributed by atoms with E-state index < -0.39 is 0 Å². The molecule has 0 aromatic heterocycles. The van der Waals surface area contributed by atoms with Crippen LogP contribution in [0.15, 0.2) is 12.2 Å². The van der Waals surface area contributed by atoms with E-state index in [0.29, 0.717) is 18.0 Å². The van der Waals surface area contributed by atoms with Crippen molar-refractivity contribution in [3.8, 4) is 0 Å². The summed E-state index contributed by atoms with van der Waals surface area (Å²) < 4.78 is 0. The van der Waals surface area contributed by atoms with Crippen molar-refractivity contribution < 1.29 is 0 Å². The van der Waals surface area contributed by atoms with Gasteiger partial charge in [0.15, 0.2) is 0 Å². The summed E-state index contributed by atoms with van der Waals surface area (Å²) in [6.45, 7) is 15.4. The minimum Gasteiger partial charge on any atom is -0.308 e. The summed E-state index contributed by atoms with van der Waals surface area (Å²) in [6, 6.07) is 1.06. The van der Waals surface area contributed by atoms with E-state index >= 15 is 0 Å². The fourth-order valence-electron chi connectivity index (χ4n) is 1.78. The zero-order valence-corrected chi connectivity index (χ0v) is 11.3. The summed E-state index contributed by atoms with van der Waals surface area (Å²) >= 11 is 0. The van der Waals surface area contributed by atoms with Crippen LogP contribution in [-0.4, -0.2) is 12.1 Å². The second kappa shape index (κ2) is 7.92. The topological polar surface area (TPSA) is 12.0 Å². The molecule has 0 rings (SSSR count). The molecule has 90 valence electrons. The molecule has 0 spiro atoms. The predicted octanol–water partition coefficient (Wildman–Crippen LogP) is 4.15. The van der Waals surface area contributed by atoms with Crippen molar-refractivity contribution in [2.45, 2.75) is 72.4 Å². The van der Waals surface area contributed by atoms with E-state index in [0.717, 1.165) is 0 Å². The molecular formula is C14H29N. The Balaban J connectivity index is 4.11. The highest BCUT2D eigenvalue weighted by molar-refractivity contribution is 5.08. The molecule has 0 saturated heterocycles. The van der Waals surface area contributed by atoms with Gasteiger partial charge in [-0.25, -0.2) is 0 Å². The Kier molecular flexibility index (Phi) is 7.76. The molecule has 0 aliphatic heterocycles. The van der Waals surface area contributed by atoms with Crippen molar-refractivity contribution in [1.82, 2.24) is 5.32 Å². The molecule has 0 aliphatic carbocycles. The average molecular weight is 211 g/mol. The van der Waals surface area contributed by atoms with Crippen molar-refractivity contribution in [1.29, 1.82) is 0 Å². The first-order chi connectivity index (χ1) is 6.99. The van der Waals surface area contributed by atoms with Crippen molar-refractivity contribution in [2.75, 3.05) is 0 Å². The summed E-state index contributed by atoms with van der Waals surface area (Å²) in [5.41, 5.74) is 1.36. The van der Waals surface area contributed by atoms with Crippen molar-refractivity contribution in [3.63, 3.8) is 0 Å². The van der Waals surface area contributed by atoms with Crippen LogP contribution in [0.2, 0.25) is 0 Å². The van der Waals surface area contributed by atoms with Crippen LogP contribution >= 0.6 is 0 Å². The molecule has 1 N–H and O–H groups in total. The maximum absolute atomic E-state index is 4.22. The average Bonchev–Trinajstić information content (AvgIpc) is 2.14. The van der Waals surface area contributed by atoms with Crippen LogP contribution in [0.25, 0.3) is 0 Å². The monoisotopic (exact) mass is 211 g/mol. The Bertz CT molecular complexity index is 170. The van der Waals surface area contributed by atoms with Crippen molar-refractivity contribution in [2.24, 2.45) is 5.92 Å². The molecular weight excluding hydrogens is 182 g/mol. The van der Waals surface area contributed by atoms with Gasteiger partial charge in [-0.15, -0.1) is 0 Å². The third-order valence-corrected chi connectivity index (χ3v) is 2.82. The van der Waals surface area contributed by atoms with E-state index in [1.54, 1.807) is 0 Å². The van der Waals surface area contributed by atoms with Gasteiger partial charge in [-0.3, -0.25) is 0 Å². The Labute approximate surface area is 96.3 Å². The van der Waals surface area contributed by atoms with Crippen LogP contribution in [0.1, 0.15) is 60.3 Å². The maximum atomic E-state index is 4.22. The van der Waals surface area contributed by atoms with E-state index in [9.17, 15) is 0 Å². The largest absolute Gasteiger partial charge is 0.308 e. The van der Waals surface area contributed by atoms with Gasteiger partial charge in [-0.05, 0) is 12.3 Å². The second-order valence-electron chi connectivity index (χ2n) is 5.10. The van der Waals surface area contributed by atoms with E-state index in [-0.39, 0.29) is 0 Å². The van der Waals surface area contributed by atoms with E-state index in [4.69, 9.17) is 0 Å². The van der Waals surface area contributed by atoms with Crippen LogP contribution in [0.3, 0.4) is 0 Å². The van der Waals surface area contributed by atoms with Crippen molar-refractivity contribution >= 4 is 0 Å². The standard InChI is InChI=1S/C14H29N/c1-7-8-9-10-14(15-12(4)5)13(6)11(2)3/h11-12,14-15H,6-10H2,1-5H3. The van der Waals surface area contributed by atoms with Crippen LogP contribution in [-0.2, 0) is 0 Å². The third kappa shape index (κ3) is 6.72. The fraction of sp³-hybridized carbons (Fsp3) is 0.857. The highest BCUT2D eigenvalue weighted by Gasteiger charge is 2.15. The highest BCUT2D eigenvalue weighted by atomic mass is 14.9. The highest BCUT2D eigenvalue weighted by Crippen LogP contribution is 2.17. The number of hydrogen-bond donors (Lipinski definition) is 1. The second-order valence-corrected chi connectivity index (χ2v) is 5.10. The Morgan fingerprint density at radius 3 is 2.13 bits per heavy atom. The third-order valence-electron chi connectivity index (χ3n) is 2.82. The Morgan fingerprint density at radius 1 is 1.13 bits per heavy atom. The minimum atomic E-state index is 0.511. The minimum absolute atomic E-state index is 0.511. The molecule has 0 amide bonds. The lowest BCUT2D eigenvalue weighted by atomic mass is 9.93. The zero-order valence-electron chi connectivity index (χ0n) is 11.3. The van der Waals surface area contributed by atoms with Crippen LogP contribution < -0.4 is 5.32 Å². The predicted molar refractivity (Wildman–Crippen MR) is 70.2 cm³/mol. The first-order valence-corrected chi connectivity index (χ1v) is 6.43. The van der Waals surface area contributed by atoms with Gasteiger partial charge in [0, 0.05) is 12.1 Å². The van der Waals surface area contributed by atoms with E-state index in [1.165, 1.54) is 31.3 Å². The summed E-state index contributed by atoms with van der Waals surface area (Å²) in [4.78, 5) is 0. The molecule has 0 saturated carbocycles. The molecule has 0 bridgehead atoms. The lowest BCUT2D eigenvalue weighted by molar-refractivity contribution is 0.441. The summed E-state index contributed by atoms with van der Waals surface area (Å²) in [5.74, 6) is 0.586. The molecule has 1 heteroatoms. The molecule has 0 fully saturated rings. The van der Waals surface area contributed by atoms with E-state index in [1.807, 2.05) is 0 Å². The van der Waals surface area contributed by atoms with Gasteiger partial charge in [0.2, 0.25) is 0 Å². The van der Waals surface area contributed by atoms with Gasteiger partial charge in [0.1, 0.15) is 0 Å². The lowest BCUT2D eigenvalue weighted by Crippen LogP contribution is -2.37. The number of unbranched alkanes of at least 4 members (excludes halogenated alkanes) is 2. The maximum Gasteiger partial charge on any atom is 0.0281 e. The molecule has 1 nitrogen and oxygen atoms in total. The van der Waals surface area contributed by atoms with Gasteiger partial charge in [-0.1, -0.05) is 66.0 Å². The fourth-order valence-corrected chi connectivity index (χ4v) is 1.78. The molecule has 0 aliphatic rings. The van der Waals surface area contributed by atoms with Crippen LogP contribution in [0.4, 0.5) is 0 Å². The molecule has 15 heavy (non-hydrogen) atoms. The molecule has 1 atom stereocenters. The van der Waals surface area contributed by atoms with Gasteiger partial charge in [0.05, 0.1) is 0 Å². The normalized spacial score (nSPS) is 13.5. The lowest BCUT2D eigenvalue weighted by Gasteiger charge is -2.25. The van der Waals surface area contributed by atoms with Gasteiger partial charge >= 0.3 is 0 Å². The van der Waals surface area contributed by atoms with Gasteiger partial charge in [-0.2, -0.15) is 0 Å². The van der Waals surface area contributed by atoms with Gasteiger partial charge in [0.25, 0.3) is 0 Å². The SMILES string of the molecule is C=C(C(C)C)C(CCCCC)NC(C)C. The van der Waals surface area contributed by atoms with Crippen LogP contribution in [0.5, 0.6) is 0 Å². The molecule has 1 unspecified atom stereocenters. The number of rotatable bonds is 8. The first kappa shape index (κ1) is 14.7. The Hall–Kier alpha value is -0.300. The summed E-state index contributed by atoms with van der Waals surface area (Å²) in [7, 11) is 0. The Morgan fingerprint density at radius 2 is 1.73 bits per heavy atom. The zero-order chi connectivity index (χ0) is 11.8. The van der Waals surface area contributed by atoms with E-state index in [2.05, 4.69) is 46.5 Å². The molecule has 0 radical (unpaired) electrons. The number of nitrogens with one attached hydrogen (secondary N) is 1. The first-order valence-electron chi connectivity index (χ1n) is 6.43. The van der Waals surface area contributed by atoms with Crippen LogP contribution in [0, 0.1) is 5.92 Å². The molecule has 0 aromatic rings. The van der Waals surface area contributed by atoms with Gasteiger partial charge < -0.3 is 5.32 Å². The summed E-state index contributed by atoms with van der Waals surface area (Å²) in [5, 5.41) is 3.62. The number of hydrogen-bond acceptors (Lipinski definition) is 1. The molecule has 0 heterocycles. The van der Waals surface area contributed by atoms with Crippen molar-refractivity contribution in [3.05, 3.63) is 12.2 Å². The molecule has 0 aromatic carbocycles. The summed E-state index contributed by atoms with van der Waals surface area (Å²) in [6.07, 6.45) is 5.18. The smallest absolute Gasteiger partial charge is 0.0281 e.